The van der Waals surface area contributed by atoms with E-state index in [1.807, 2.05) is 30.3 Å². The van der Waals surface area contributed by atoms with Crippen LogP contribution in [0, 0.1) is 11.6 Å². The molecule has 6 nitrogen and oxygen atoms in total. The summed E-state index contributed by atoms with van der Waals surface area (Å²) in [5.41, 5.74) is 1.73. The molecule has 8 heteroatoms. The number of imidazole rings is 1. The van der Waals surface area contributed by atoms with E-state index in [4.69, 9.17) is 4.74 Å². The maximum Gasteiger partial charge on any atom is 0.200 e. The summed E-state index contributed by atoms with van der Waals surface area (Å²) >= 11 is 0. The molecular formula is C28H19F2N3O3. The second-order valence-corrected chi connectivity index (χ2v) is 8.00. The van der Waals surface area contributed by atoms with Gasteiger partial charge >= 0.3 is 0 Å². The Morgan fingerprint density at radius 1 is 0.889 bits per heavy atom. The van der Waals surface area contributed by atoms with Crippen LogP contribution in [0.25, 0.3) is 22.4 Å². The number of allylic oxidation sites excluding steroid dienone is 1. The van der Waals surface area contributed by atoms with Crippen LogP contribution in [0.1, 0.15) is 27.3 Å². The minimum Gasteiger partial charge on any atom is -0.506 e. The molecule has 3 aromatic carbocycles. The van der Waals surface area contributed by atoms with Crippen LogP contribution >= 0.6 is 0 Å². The third-order valence-corrected chi connectivity index (χ3v) is 5.45. The van der Waals surface area contributed by atoms with E-state index >= 15 is 0 Å². The largest absolute Gasteiger partial charge is 0.506 e. The highest BCUT2D eigenvalue weighted by Gasteiger charge is 2.25. The quantitative estimate of drug-likeness (QED) is 0.165. The number of ether oxygens (including phenoxy) is 1. The molecule has 0 atom stereocenters. The Morgan fingerprint density at radius 2 is 1.61 bits per heavy atom. The Bertz CT molecular complexity index is 1540. The van der Waals surface area contributed by atoms with Crippen molar-refractivity contribution >= 4 is 28.1 Å². The lowest BCUT2D eigenvalue weighted by Gasteiger charge is -2.11. The predicted octanol–water partition coefficient (Wildman–Crippen LogP) is 6.12. The number of nitrogens with zero attached hydrogens (tertiary/aromatic N) is 2. The first-order chi connectivity index (χ1) is 17.5. The summed E-state index contributed by atoms with van der Waals surface area (Å²) in [6, 6.07) is 20.5. The summed E-state index contributed by atoms with van der Waals surface area (Å²) < 4.78 is 33.6. The zero-order valence-corrected chi connectivity index (χ0v) is 18.8. The van der Waals surface area contributed by atoms with Crippen LogP contribution in [0.4, 0.5) is 8.78 Å². The number of benzene rings is 3. The number of hydrogen-bond acceptors (Lipinski definition) is 5. The number of ketones is 1. The van der Waals surface area contributed by atoms with Crippen LogP contribution < -0.4 is 4.74 Å². The van der Waals surface area contributed by atoms with Crippen molar-refractivity contribution in [3.05, 3.63) is 125 Å². The molecule has 0 aliphatic rings. The van der Waals surface area contributed by atoms with Crippen molar-refractivity contribution in [1.29, 1.82) is 0 Å². The highest BCUT2D eigenvalue weighted by molar-refractivity contribution is 6.33. The van der Waals surface area contributed by atoms with Gasteiger partial charge in [0, 0.05) is 23.4 Å². The van der Waals surface area contributed by atoms with Crippen LogP contribution in [-0.2, 0) is 6.61 Å². The highest BCUT2D eigenvalue weighted by atomic mass is 19.1. The number of para-hydroxylation sites is 2. The Balaban J connectivity index is 1.59. The molecule has 0 aliphatic carbocycles. The maximum atomic E-state index is 13.9. The van der Waals surface area contributed by atoms with Crippen LogP contribution in [0.15, 0.2) is 91.3 Å². The number of carbonyl (C=O) groups excluding carboxylic acids is 1. The first-order valence-electron chi connectivity index (χ1n) is 11.0. The van der Waals surface area contributed by atoms with E-state index < -0.39 is 23.2 Å². The lowest BCUT2D eigenvalue weighted by atomic mass is 9.99. The third kappa shape index (κ3) is 4.83. The molecular weight excluding hydrogens is 464 g/mol. The van der Waals surface area contributed by atoms with Gasteiger partial charge in [-0.05, 0) is 35.9 Å². The molecule has 36 heavy (non-hydrogen) atoms. The first kappa shape index (κ1) is 22.9. The smallest absolute Gasteiger partial charge is 0.200 e. The fourth-order valence-corrected chi connectivity index (χ4v) is 3.74. The van der Waals surface area contributed by atoms with Gasteiger partial charge in [0.05, 0.1) is 17.2 Å². The van der Waals surface area contributed by atoms with Gasteiger partial charge in [0.15, 0.2) is 0 Å². The molecule has 178 valence electrons. The number of pyridine rings is 1. The number of fused-ring (bicyclic) bond motifs is 1. The van der Waals surface area contributed by atoms with Crippen LogP contribution in [-0.4, -0.2) is 25.8 Å². The first-order valence-corrected chi connectivity index (χ1v) is 11.0. The minimum atomic E-state index is -0.917. The van der Waals surface area contributed by atoms with Crippen molar-refractivity contribution in [3.8, 4) is 5.75 Å². The van der Waals surface area contributed by atoms with Gasteiger partial charge in [0.2, 0.25) is 5.78 Å². The number of rotatable bonds is 7. The van der Waals surface area contributed by atoms with E-state index in [0.29, 0.717) is 22.8 Å². The normalized spacial score (nSPS) is 11.8. The molecule has 5 aromatic rings. The van der Waals surface area contributed by atoms with Crippen molar-refractivity contribution < 1.29 is 23.4 Å². The zero-order valence-electron chi connectivity index (χ0n) is 18.8. The monoisotopic (exact) mass is 483 g/mol. The fourth-order valence-electron chi connectivity index (χ4n) is 3.74. The predicted molar refractivity (Wildman–Crippen MR) is 131 cm³/mol. The molecule has 0 spiro atoms. The van der Waals surface area contributed by atoms with Crippen molar-refractivity contribution in [2.75, 3.05) is 0 Å². The average molecular weight is 483 g/mol. The Hall–Kier alpha value is -4.85. The van der Waals surface area contributed by atoms with E-state index in [1.165, 1.54) is 18.5 Å². The van der Waals surface area contributed by atoms with Crippen molar-refractivity contribution in [3.63, 3.8) is 0 Å². The van der Waals surface area contributed by atoms with Crippen molar-refractivity contribution in [2.24, 2.45) is 0 Å². The van der Waals surface area contributed by atoms with Gasteiger partial charge in [-0.2, -0.15) is 0 Å². The molecule has 5 rings (SSSR count). The number of aromatic nitrogens is 3. The molecule has 0 bridgehead atoms. The van der Waals surface area contributed by atoms with E-state index in [0.717, 1.165) is 17.7 Å². The molecule has 0 aliphatic heterocycles. The molecule has 0 amide bonds. The lowest BCUT2D eigenvalue weighted by Crippen LogP contribution is -2.09. The van der Waals surface area contributed by atoms with Gasteiger partial charge in [-0.1, -0.05) is 42.5 Å². The number of hydrogen-bond donors (Lipinski definition) is 2. The lowest BCUT2D eigenvalue weighted by molar-refractivity contribution is 0.105. The van der Waals surface area contributed by atoms with Gasteiger partial charge in [-0.15, -0.1) is 0 Å². The van der Waals surface area contributed by atoms with Gasteiger partial charge in [-0.3, -0.25) is 9.78 Å². The van der Waals surface area contributed by atoms with Crippen LogP contribution in [0.2, 0.25) is 0 Å². The summed E-state index contributed by atoms with van der Waals surface area (Å²) in [7, 11) is 0. The molecule has 0 radical (unpaired) electrons. The number of halogens is 2. The second kappa shape index (κ2) is 9.79. The van der Waals surface area contributed by atoms with E-state index in [1.54, 1.807) is 24.3 Å². The summed E-state index contributed by atoms with van der Waals surface area (Å²) in [5, 5.41) is 11.3. The molecule has 2 aromatic heterocycles. The molecule has 0 fully saturated rings. The second-order valence-electron chi connectivity index (χ2n) is 8.00. The standard InChI is InChI=1S/C28H19F2N3O3/c29-20-10-18(11-21(30)13-20)26(34)25(28-32-23-8-4-5-9-24(23)33-28)27(35)19-12-22(15-31-14-19)36-16-17-6-2-1-3-7-17/h1-15,35H,16H2,(H,32,33)/b27-25+. The van der Waals surface area contributed by atoms with Crippen LogP contribution in [0.5, 0.6) is 5.75 Å². The number of H-pyrrole nitrogens is 1. The van der Waals surface area contributed by atoms with E-state index in [-0.39, 0.29) is 29.1 Å². The van der Waals surface area contributed by atoms with E-state index in [2.05, 4.69) is 15.0 Å². The number of carbonyl (C=O) groups is 1. The van der Waals surface area contributed by atoms with Gasteiger partial charge in [0.25, 0.3) is 0 Å². The molecule has 0 unspecified atom stereocenters. The number of Topliss-reactive ketones (excluding diaryl/α,β-unsaturated/α-hetero) is 1. The summed E-state index contributed by atoms with van der Waals surface area (Å²) in [6.07, 6.45) is 2.83. The molecule has 2 N–H and O–H groups in total. The van der Waals surface area contributed by atoms with Gasteiger partial charge < -0.3 is 14.8 Å². The Labute approximate surface area is 204 Å². The van der Waals surface area contributed by atoms with E-state index in [9.17, 15) is 18.7 Å². The minimum absolute atomic E-state index is 0.0407. The molecule has 0 saturated heterocycles. The zero-order chi connectivity index (χ0) is 25.1. The summed E-state index contributed by atoms with van der Waals surface area (Å²) in [6.45, 7) is 0.272. The Kier molecular flexibility index (Phi) is 6.23. The van der Waals surface area contributed by atoms with Gasteiger partial charge in [0.1, 0.15) is 41.1 Å². The van der Waals surface area contributed by atoms with Crippen LogP contribution in [0.3, 0.4) is 0 Å². The summed E-state index contributed by atoms with van der Waals surface area (Å²) in [5.74, 6) is -2.73. The molecule has 0 saturated carbocycles. The van der Waals surface area contributed by atoms with Crippen molar-refractivity contribution in [1.82, 2.24) is 15.0 Å². The fraction of sp³-hybridized carbons (Fsp3) is 0.0357. The molecule has 2 heterocycles. The number of aliphatic hydroxyl groups is 1. The number of nitrogens with one attached hydrogen (secondary N) is 1. The summed E-state index contributed by atoms with van der Waals surface area (Å²) in [4.78, 5) is 25.0. The number of aliphatic hydroxyl groups excluding tert-OH is 1. The van der Waals surface area contributed by atoms with Crippen molar-refractivity contribution in [2.45, 2.75) is 6.61 Å². The topological polar surface area (TPSA) is 88.1 Å². The maximum absolute atomic E-state index is 13.9. The van der Waals surface area contributed by atoms with Gasteiger partial charge in [-0.25, -0.2) is 13.8 Å². The average Bonchev–Trinajstić information content (AvgIpc) is 3.31. The third-order valence-electron chi connectivity index (χ3n) is 5.45. The highest BCUT2D eigenvalue weighted by Crippen LogP contribution is 2.29. The number of aromatic amines is 1. The Morgan fingerprint density at radius 3 is 2.36 bits per heavy atom. The SMILES string of the molecule is O=C(/C(=C(\O)c1cncc(OCc2ccccc2)c1)c1nc2ccccc2[nH]1)c1cc(F)cc(F)c1.